The number of rotatable bonds is 6. The van der Waals surface area contributed by atoms with Gasteiger partial charge in [-0.2, -0.15) is 0 Å². The number of para-hydroxylation sites is 2. The van der Waals surface area contributed by atoms with Gasteiger partial charge >= 0.3 is 6.09 Å². The smallest absolute Gasteiger partial charge is 0.421 e. The van der Waals surface area contributed by atoms with Crippen LogP contribution in [-0.4, -0.2) is 16.3 Å². The molecule has 0 atom stereocenters. The van der Waals surface area contributed by atoms with E-state index in [0.29, 0.717) is 11.6 Å². The van der Waals surface area contributed by atoms with Gasteiger partial charge in [0.15, 0.2) is 0 Å². The second-order valence-corrected chi connectivity index (χ2v) is 12.7. The lowest BCUT2D eigenvalue weighted by Gasteiger charge is -2.31. The molecule has 0 saturated carbocycles. The van der Waals surface area contributed by atoms with Crippen LogP contribution >= 0.6 is 0 Å². The van der Waals surface area contributed by atoms with E-state index in [9.17, 15) is 4.79 Å². The third kappa shape index (κ3) is 5.96. The molecule has 0 radical (unpaired) electrons. The summed E-state index contributed by atoms with van der Waals surface area (Å²) in [4.78, 5) is 18.8. The lowest BCUT2D eigenvalue weighted by atomic mass is 10.1. The molecule has 47 heavy (non-hydrogen) atoms. The minimum Gasteiger partial charge on any atom is -0.443 e. The number of hydrogen-bond donors (Lipinski definition) is 0. The Balaban J connectivity index is 1.52. The van der Waals surface area contributed by atoms with Gasteiger partial charge in [-0.15, -0.1) is 0 Å². The summed E-state index contributed by atoms with van der Waals surface area (Å²) in [5.74, 6) is 1.38. The molecule has 1 heterocycles. The number of ether oxygens (including phenoxy) is 1. The first-order valence-electron chi connectivity index (χ1n) is 15.9. The minimum absolute atomic E-state index is 0.459. The summed E-state index contributed by atoms with van der Waals surface area (Å²) in [5.41, 5.74) is 3.92. The van der Waals surface area contributed by atoms with Crippen LogP contribution in [0.4, 0.5) is 39.2 Å². The Morgan fingerprint density at radius 3 is 1.49 bits per heavy atom. The van der Waals surface area contributed by atoms with E-state index < -0.39 is 11.7 Å². The summed E-state index contributed by atoms with van der Waals surface area (Å²) in [6, 6.07) is 51.9. The zero-order valence-electron chi connectivity index (χ0n) is 27.1. The fourth-order valence-corrected chi connectivity index (χ4v) is 6.13. The quantitative estimate of drug-likeness (QED) is 0.187. The average molecular weight is 616 g/mol. The van der Waals surface area contributed by atoms with Crippen molar-refractivity contribution in [2.75, 3.05) is 9.80 Å². The molecule has 7 rings (SSSR count). The zero-order valence-corrected chi connectivity index (χ0v) is 27.1. The highest BCUT2D eigenvalue weighted by atomic mass is 16.6. The molecule has 7 aromatic rings. The van der Waals surface area contributed by atoms with Crippen molar-refractivity contribution in [1.29, 1.82) is 0 Å². The number of nitrogens with zero attached hydrogens (tertiary/aromatic N) is 3. The van der Waals surface area contributed by atoms with E-state index in [4.69, 9.17) is 4.74 Å². The number of carbonyl (C=O) groups is 1. The minimum atomic E-state index is -0.717. The van der Waals surface area contributed by atoms with Crippen molar-refractivity contribution in [1.82, 2.24) is 4.57 Å². The molecule has 1 aromatic heterocycles. The number of carbonyl (C=O) groups excluding carboxylic acids is 1. The number of aromatic nitrogens is 1. The molecule has 0 unspecified atom stereocenters. The molecule has 0 fully saturated rings. The Morgan fingerprint density at radius 1 is 0.532 bits per heavy atom. The third-order valence-corrected chi connectivity index (χ3v) is 8.17. The third-order valence-electron chi connectivity index (χ3n) is 8.17. The molecular weight excluding hydrogens is 578 g/mol. The number of fused-ring (bicyclic) bond motifs is 2. The Kier molecular flexibility index (Phi) is 7.74. The van der Waals surface area contributed by atoms with Crippen LogP contribution in [0.25, 0.3) is 21.5 Å². The zero-order chi connectivity index (χ0) is 32.5. The van der Waals surface area contributed by atoms with Gasteiger partial charge in [0.1, 0.15) is 17.2 Å². The van der Waals surface area contributed by atoms with Crippen LogP contribution in [0.1, 0.15) is 26.3 Å². The van der Waals surface area contributed by atoms with E-state index in [0.717, 1.165) is 49.9 Å². The maximum absolute atomic E-state index is 14.6. The normalized spacial score (nSPS) is 11.5. The van der Waals surface area contributed by atoms with Gasteiger partial charge in [-0.05, 0) is 109 Å². The fourth-order valence-electron chi connectivity index (χ4n) is 6.13. The fraction of sp³-hybridized carbons (Fsp3) is 0.119. The van der Waals surface area contributed by atoms with Gasteiger partial charge in [-0.3, -0.25) is 9.80 Å². The molecule has 6 aromatic carbocycles. The van der Waals surface area contributed by atoms with Gasteiger partial charge in [0.05, 0.1) is 0 Å². The van der Waals surface area contributed by atoms with Crippen molar-refractivity contribution in [2.24, 2.45) is 0 Å². The average Bonchev–Trinajstić information content (AvgIpc) is 3.41. The molecule has 0 aliphatic heterocycles. The first kappa shape index (κ1) is 29.9. The molecule has 5 nitrogen and oxygen atoms in total. The van der Waals surface area contributed by atoms with E-state index in [-0.39, 0.29) is 0 Å². The summed E-state index contributed by atoms with van der Waals surface area (Å²) in [6.45, 7) is 7.76. The van der Waals surface area contributed by atoms with Crippen molar-refractivity contribution < 1.29 is 9.53 Å². The van der Waals surface area contributed by atoms with E-state index in [1.807, 2.05) is 81.4 Å². The largest absolute Gasteiger partial charge is 0.443 e. The summed E-state index contributed by atoms with van der Waals surface area (Å²) < 4.78 is 7.90. The van der Waals surface area contributed by atoms with Crippen LogP contribution in [0, 0.1) is 6.92 Å². The molecule has 0 bridgehead atoms. The highest BCUT2D eigenvalue weighted by Crippen LogP contribution is 2.45. The van der Waals surface area contributed by atoms with E-state index in [1.54, 1.807) is 4.57 Å². The van der Waals surface area contributed by atoms with Crippen molar-refractivity contribution >= 4 is 62.0 Å². The maximum atomic E-state index is 14.6. The van der Waals surface area contributed by atoms with Crippen LogP contribution in [0.15, 0.2) is 152 Å². The first-order chi connectivity index (χ1) is 22.8. The number of hydrogen-bond acceptors (Lipinski definition) is 4. The molecule has 0 spiro atoms. The standard InChI is InChI=1S/C42H37N3O2/c1-30-27-39(43(35-19-7-5-8-20-35)37-25-23-31-15-11-13-17-33(31)28-37)45(41(46)47-42(2,3)4)40(30)44(36-21-9-6-10-22-36)38-26-24-32-16-12-14-18-34(32)29-38/h5-29H,1-4H3. The van der Waals surface area contributed by atoms with Crippen molar-refractivity contribution in [3.8, 4) is 0 Å². The lowest BCUT2D eigenvalue weighted by Crippen LogP contribution is -2.30. The molecule has 0 aliphatic carbocycles. The van der Waals surface area contributed by atoms with Crippen molar-refractivity contribution in [2.45, 2.75) is 33.3 Å². The first-order valence-corrected chi connectivity index (χ1v) is 15.9. The topological polar surface area (TPSA) is 37.7 Å². The van der Waals surface area contributed by atoms with Crippen LogP contribution in [0.2, 0.25) is 0 Å². The van der Waals surface area contributed by atoms with Gasteiger partial charge in [0.25, 0.3) is 0 Å². The van der Waals surface area contributed by atoms with E-state index >= 15 is 0 Å². The maximum Gasteiger partial charge on any atom is 0.421 e. The molecule has 5 heteroatoms. The second kappa shape index (κ2) is 12.2. The number of aryl methyl sites for hydroxylation is 1. The molecule has 232 valence electrons. The van der Waals surface area contributed by atoms with Crippen LogP contribution in [-0.2, 0) is 4.74 Å². The number of benzene rings is 6. The second-order valence-electron chi connectivity index (χ2n) is 12.7. The Hall–Kier alpha value is -5.81. The Labute approximate surface area is 275 Å². The summed E-state index contributed by atoms with van der Waals surface area (Å²) in [7, 11) is 0. The molecule has 0 amide bonds. The molecule has 0 aliphatic rings. The van der Waals surface area contributed by atoms with E-state index in [2.05, 4.69) is 108 Å². The van der Waals surface area contributed by atoms with E-state index in [1.165, 1.54) is 0 Å². The summed E-state index contributed by atoms with van der Waals surface area (Å²) in [5, 5.41) is 4.52. The molecular formula is C42H37N3O2. The highest BCUT2D eigenvalue weighted by molar-refractivity contribution is 5.95. The van der Waals surface area contributed by atoms with Gasteiger partial charge in [-0.25, -0.2) is 9.36 Å². The van der Waals surface area contributed by atoms with Crippen molar-refractivity contribution in [3.05, 3.63) is 157 Å². The number of anilines is 6. The van der Waals surface area contributed by atoms with Gasteiger partial charge < -0.3 is 4.74 Å². The SMILES string of the molecule is Cc1cc(N(c2ccccc2)c2ccc3ccccc3c2)n(C(=O)OC(C)(C)C)c1N(c1ccccc1)c1ccc2ccccc2c1. The molecule has 0 N–H and O–H groups in total. The van der Waals surface area contributed by atoms with Crippen molar-refractivity contribution in [3.63, 3.8) is 0 Å². The predicted molar refractivity (Wildman–Crippen MR) is 195 cm³/mol. The van der Waals surface area contributed by atoms with Crippen LogP contribution < -0.4 is 9.80 Å². The van der Waals surface area contributed by atoms with Crippen LogP contribution in [0.3, 0.4) is 0 Å². The molecule has 0 saturated heterocycles. The Morgan fingerprint density at radius 2 is 0.979 bits per heavy atom. The predicted octanol–water partition coefficient (Wildman–Crippen LogP) is 11.8. The Bertz CT molecular complexity index is 2200. The lowest BCUT2D eigenvalue weighted by molar-refractivity contribution is 0.0543. The van der Waals surface area contributed by atoms with Gasteiger partial charge in [-0.1, -0.05) is 97.1 Å². The monoisotopic (exact) mass is 615 g/mol. The van der Waals surface area contributed by atoms with Gasteiger partial charge in [0.2, 0.25) is 0 Å². The van der Waals surface area contributed by atoms with Gasteiger partial charge in [0, 0.05) is 22.7 Å². The summed E-state index contributed by atoms with van der Waals surface area (Å²) in [6.07, 6.45) is -0.459. The van der Waals surface area contributed by atoms with Crippen LogP contribution in [0.5, 0.6) is 0 Å². The highest BCUT2D eigenvalue weighted by Gasteiger charge is 2.31. The summed E-state index contributed by atoms with van der Waals surface area (Å²) >= 11 is 0.